The summed E-state index contributed by atoms with van der Waals surface area (Å²) >= 11 is 0. The highest BCUT2D eigenvalue weighted by Crippen LogP contribution is 2.19. The molecule has 0 spiro atoms. The fourth-order valence-corrected chi connectivity index (χ4v) is 2.28. The third-order valence-corrected chi connectivity index (χ3v) is 3.47. The van der Waals surface area contributed by atoms with E-state index in [1.807, 2.05) is 0 Å². The Bertz CT molecular complexity index is 697. The third kappa shape index (κ3) is 3.04. The van der Waals surface area contributed by atoms with Gasteiger partial charge in [-0.3, -0.25) is 4.57 Å². The van der Waals surface area contributed by atoms with E-state index in [1.54, 1.807) is 22.8 Å². The van der Waals surface area contributed by atoms with Crippen LogP contribution in [0.15, 0.2) is 35.1 Å². The highest BCUT2D eigenvalue weighted by atomic mass is 19.1. The topological polar surface area (TPSA) is 56.2 Å². The van der Waals surface area contributed by atoms with Gasteiger partial charge in [0.25, 0.3) is 0 Å². The largest absolute Gasteiger partial charge is 0.473 e. The number of benzene rings is 1. The van der Waals surface area contributed by atoms with Gasteiger partial charge < -0.3 is 10.1 Å². The smallest absolute Gasteiger partial charge is 0.352 e. The van der Waals surface area contributed by atoms with E-state index in [2.05, 4.69) is 17.2 Å². The molecule has 1 N–H and O–H groups in total. The molecule has 1 atom stereocenters. The lowest BCUT2D eigenvalue weighted by Gasteiger charge is -2.25. The maximum atomic E-state index is 12.8. The van der Waals surface area contributed by atoms with Gasteiger partial charge in [0.1, 0.15) is 18.2 Å². The Morgan fingerprint density at radius 3 is 2.95 bits per heavy atom. The summed E-state index contributed by atoms with van der Waals surface area (Å²) in [6.45, 7) is 2.97. The van der Waals surface area contributed by atoms with Crippen LogP contribution in [0.2, 0.25) is 0 Å². The molecule has 0 fully saturated rings. The van der Waals surface area contributed by atoms with Gasteiger partial charge in [0.05, 0.1) is 0 Å². The van der Waals surface area contributed by atoms with Crippen LogP contribution in [0, 0.1) is 5.82 Å². The Hall–Kier alpha value is -2.37. The maximum absolute atomic E-state index is 12.8. The first kappa shape index (κ1) is 13.6. The van der Waals surface area contributed by atoms with E-state index >= 15 is 0 Å². The molecule has 0 radical (unpaired) electrons. The van der Waals surface area contributed by atoms with Gasteiger partial charge in [0, 0.05) is 18.7 Å². The molecule has 1 aromatic heterocycles. The van der Waals surface area contributed by atoms with Gasteiger partial charge in [-0.1, -0.05) is 12.1 Å². The molecule has 110 valence electrons. The van der Waals surface area contributed by atoms with Crippen LogP contribution in [-0.2, 0) is 13.2 Å². The van der Waals surface area contributed by atoms with E-state index in [1.165, 1.54) is 12.1 Å². The molecule has 0 saturated heterocycles. The first-order valence-corrected chi connectivity index (χ1v) is 6.87. The first-order valence-electron chi connectivity index (χ1n) is 6.87. The molecule has 6 heteroatoms. The lowest BCUT2D eigenvalue weighted by atomic mass is 10.2. The molecular formula is C15H16FN3O2. The summed E-state index contributed by atoms with van der Waals surface area (Å²) in [6.07, 6.45) is 0.893. The van der Waals surface area contributed by atoms with E-state index in [0.717, 1.165) is 17.8 Å². The van der Waals surface area contributed by atoms with Gasteiger partial charge in [-0.05, 0) is 31.0 Å². The number of nitrogens with zero attached hydrogens (tertiary/aromatic N) is 2. The molecule has 0 aliphatic carbocycles. The molecule has 0 unspecified atom stereocenters. The molecule has 1 aliphatic heterocycles. The number of ether oxygens (including phenoxy) is 1. The minimum absolute atomic E-state index is 0.242. The fourth-order valence-electron chi connectivity index (χ4n) is 2.28. The zero-order valence-corrected chi connectivity index (χ0v) is 11.7. The van der Waals surface area contributed by atoms with Gasteiger partial charge >= 0.3 is 5.69 Å². The van der Waals surface area contributed by atoms with Gasteiger partial charge in [-0.2, -0.15) is 4.98 Å². The summed E-state index contributed by atoms with van der Waals surface area (Å²) in [5.41, 5.74) is 0.498. The van der Waals surface area contributed by atoms with Crippen molar-refractivity contribution in [3.8, 4) is 5.88 Å². The quantitative estimate of drug-likeness (QED) is 0.941. The second kappa shape index (κ2) is 5.55. The van der Waals surface area contributed by atoms with Crippen LogP contribution in [0.25, 0.3) is 0 Å². The number of hydrogen-bond donors (Lipinski definition) is 1. The minimum Gasteiger partial charge on any atom is -0.473 e. The predicted molar refractivity (Wildman–Crippen MR) is 76.9 cm³/mol. The van der Waals surface area contributed by atoms with Crippen molar-refractivity contribution >= 4 is 5.82 Å². The number of anilines is 1. The number of fused-ring (bicyclic) bond motifs is 1. The van der Waals surface area contributed by atoms with Gasteiger partial charge in [-0.25, -0.2) is 9.18 Å². The first-order chi connectivity index (χ1) is 10.1. The van der Waals surface area contributed by atoms with Crippen molar-refractivity contribution in [2.75, 3.05) is 5.32 Å². The lowest BCUT2D eigenvalue weighted by molar-refractivity contribution is 0.290. The van der Waals surface area contributed by atoms with E-state index in [-0.39, 0.29) is 24.0 Å². The number of halogens is 1. The highest BCUT2D eigenvalue weighted by molar-refractivity contribution is 5.41. The second-order valence-corrected chi connectivity index (χ2v) is 5.16. The lowest BCUT2D eigenvalue weighted by Crippen LogP contribution is -2.34. The molecule has 1 aliphatic rings. The molecule has 2 aromatic rings. The van der Waals surface area contributed by atoms with Crippen LogP contribution in [-0.4, -0.2) is 15.6 Å². The summed E-state index contributed by atoms with van der Waals surface area (Å²) in [6, 6.07) is 8.06. The fraction of sp³-hybridized carbons (Fsp3) is 0.333. The van der Waals surface area contributed by atoms with Crippen LogP contribution in [0.3, 0.4) is 0 Å². The minimum atomic E-state index is -0.319. The Balaban J connectivity index is 1.77. The second-order valence-electron chi connectivity index (χ2n) is 5.16. The molecule has 1 aromatic carbocycles. The van der Waals surface area contributed by atoms with Crippen molar-refractivity contribution in [1.29, 1.82) is 0 Å². The van der Waals surface area contributed by atoms with Gasteiger partial charge in [0.15, 0.2) is 0 Å². The number of rotatable bonds is 3. The van der Waals surface area contributed by atoms with E-state index in [9.17, 15) is 9.18 Å². The molecule has 21 heavy (non-hydrogen) atoms. The van der Waals surface area contributed by atoms with Crippen LogP contribution in [0.5, 0.6) is 5.88 Å². The summed E-state index contributed by atoms with van der Waals surface area (Å²) < 4.78 is 20.0. The summed E-state index contributed by atoms with van der Waals surface area (Å²) in [5, 5.41) is 3.24. The van der Waals surface area contributed by atoms with E-state index < -0.39 is 0 Å². The molecule has 2 heterocycles. The standard InChI is InChI=1S/C15H16FN3O2/c1-10-6-7-19-13(17-10)8-14(18-15(19)20)21-9-11-2-4-12(16)5-3-11/h2-5,8,10,17H,6-7,9H2,1H3/t10-/m0/s1. The van der Waals surface area contributed by atoms with Crippen LogP contribution < -0.4 is 15.7 Å². The van der Waals surface area contributed by atoms with Crippen molar-refractivity contribution in [2.45, 2.75) is 32.5 Å². The summed E-state index contributed by atoms with van der Waals surface area (Å²) in [4.78, 5) is 15.8. The van der Waals surface area contributed by atoms with Crippen molar-refractivity contribution in [3.63, 3.8) is 0 Å². The average molecular weight is 289 g/mol. The summed E-state index contributed by atoms with van der Waals surface area (Å²) in [5.74, 6) is 0.710. The Kier molecular flexibility index (Phi) is 3.60. The van der Waals surface area contributed by atoms with Crippen molar-refractivity contribution < 1.29 is 9.13 Å². The van der Waals surface area contributed by atoms with Crippen molar-refractivity contribution in [2.24, 2.45) is 0 Å². The van der Waals surface area contributed by atoms with Crippen molar-refractivity contribution in [3.05, 3.63) is 52.2 Å². The van der Waals surface area contributed by atoms with Crippen LogP contribution in [0.1, 0.15) is 18.9 Å². The molecule has 5 nitrogen and oxygen atoms in total. The number of hydrogen-bond acceptors (Lipinski definition) is 4. The average Bonchev–Trinajstić information content (AvgIpc) is 2.46. The monoisotopic (exact) mass is 289 g/mol. The molecular weight excluding hydrogens is 273 g/mol. The molecule has 0 amide bonds. The Morgan fingerprint density at radius 1 is 1.43 bits per heavy atom. The third-order valence-electron chi connectivity index (χ3n) is 3.47. The number of aromatic nitrogens is 2. The van der Waals surface area contributed by atoms with E-state index in [4.69, 9.17) is 4.74 Å². The van der Waals surface area contributed by atoms with Crippen LogP contribution >= 0.6 is 0 Å². The molecule has 3 rings (SSSR count). The highest BCUT2D eigenvalue weighted by Gasteiger charge is 2.16. The Labute approximate surface area is 121 Å². The van der Waals surface area contributed by atoms with Gasteiger partial charge in [-0.15, -0.1) is 0 Å². The number of nitrogens with one attached hydrogen (secondary N) is 1. The maximum Gasteiger partial charge on any atom is 0.352 e. The van der Waals surface area contributed by atoms with Gasteiger partial charge in [0.2, 0.25) is 5.88 Å². The van der Waals surface area contributed by atoms with Crippen molar-refractivity contribution in [1.82, 2.24) is 9.55 Å². The molecule has 0 saturated carbocycles. The zero-order valence-electron chi connectivity index (χ0n) is 11.7. The Morgan fingerprint density at radius 2 is 2.19 bits per heavy atom. The predicted octanol–water partition coefficient (Wildman–Crippen LogP) is 2.17. The normalized spacial score (nSPS) is 17.0. The van der Waals surface area contributed by atoms with E-state index in [0.29, 0.717) is 12.6 Å². The SMILES string of the molecule is C[C@H]1CCn2c(cc(OCc3ccc(F)cc3)nc2=O)N1. The molecule has 0 bridgehead atoms. The van der Waals surface area contributed by atoms with Crippen LogP contribution in [0.4, 0.5) is 10.2 Å². The summed E-state index contributed by atoms with van der Waals surface area (Å²) in [7, 11) is 0. The zero-order chi connectivity index (χ0) is 14.8.